The van der Waals surface area contributed by atoms with E-state index in [9.17, 15) is 0 Å². The first kappa shape index (κ1) is 11.8. The van der Waals surface area contributed by atoms with Crippen LogP contribution in [-0.4, -0.2) is 29.6 Å². The monoisotopic (exact) mass is 208 g/mol. The first-order valence-electron chi connectivity index (χ1n) is 5.36. The summed E-state index contributed by atoms with van der Waals surface area (Å²) in [6.45, 7) is 9.28. The normalized spacial score (nSPS) is 10.5. The summed E-state index contributed by atoms with van der Waals surface area (Å²) in [5.41, 5.74) is 1.11. The minimum Gasteiger partial charge on any atom is -0.370 e. The Kier molecular flexibility index (Phi) is 3.88. The predicted molar refractivity (Wildman–Crippen MR) is 64.5 cm³/mol. The maximum absolute atomic E-state index is 4.32. The first-order chi connectivity index (χ1) is 7.07. The highest BCUT2D eigenvalue weighted by Crippen LogP contribution is 2.22. The van der Waals surface area contributed by atoms with Crippen LogP contribution in [0.3, 0.4) is 0 Å². The minimum absolute atomic E-state index is 0.438. The van der Waals surface area contributed by atoms with Crippen LogP contribution in [-0.2, 0) is 0 Å². The molecule has 0 saturated carbocycles. The molecule has 0 atom stereocenters. The standard InChI is InChI=1S/C11H20N4/c1-6-12-10-9(4)11(14-7-13-10)15(5)8(2)3/h7-8H,6H2,1-5H3,(H,12,13,14). The van der Waals surface area contributed by atoms with Crippen LogP contribution in [0.15, 0.2) is 6.33 Å². The predicted octanol–water partition coefficient (Wildman–Crippen LogP) is 2.06. The van der Waals surface area contributed by atoms with Gasteiger partial charge in [-0.25, -0.2) is 9.97 Å². The fourth-order valence-electron chi connectivity index (χ4n) is 1.39. The molecule has 4 nitrogen and oxygen atoms in total. The van der Waals surface area contributed by atoms with E-state index in [2.05, 4.69) is 48.0 Å². The average Bonchev–Trinajstić information content (AvgIpc) is 2.20. The van der Waals surface area contributed by atoms with Crippen LogP contribution in [0.4, 0.5) is 11.6 Å². The Morgan fingerprint density at radius 2 is 2.07 bits per heavy atom. The topological polar surface area (TPSA) is 41.1 Å². The van der Waals surface area contributed by atoms with E-state index in [0.717, 1.165) is 23.7 Å². The highest BCUT2D eigenvalue weighted by Gasteiger charge is 2.12. The molecular weight excluding hydrogens is 188 g/mol. The molecular formula is C11H20N4. The fourth-order valence-corrected chi connectivity index (χ4v) is 1.39. The summed E-state index contributed by atoms with van der Waals surface area (Å²) in [5.74, 6) is 1.92. The van der Waals surface area contributed by atoms with E-state index in [1.54, 1.807) is 6.33 Å². The summed E-state index contributed by atoms with van der Waals surface area (Å²) in [6.07, 6.45) is 1.61. The molecule has 0 radical (unpaired) electrons. The Hall–Kier alpha value is -1.32. The van der Waals surface area contributed by atoms with E-state index < -0.39 is 0 Å². The molecule has 1 N–H and O–H groups in total. The summed E-state index contributed by atoms with van der Waals surface area (Å²) >= 11 is 0. The smallest absolute Gasteiger partial charge is 0.136 e. The van der Waals surface area contributed by atoms with Crippen molar-refractivity contribution in [2.75, 3.05) is 23.8 Å². The van der Waals surface area contributed by atoms with E-state index >= 15 is 0 Å². The molecule has 0 fully saturated rings. The number of hydrogen-bond acceptors (Lipinski definition) is 4. The molecule has 1 aromatic rings. The third-order valence-corrected chi connectivity index (χ3v) is 2.51. The fraction of sp³-hybridized carbons (Fsp3) is 0.636. The molecule has 0 aromatic carbocycles. The Labute approximate surface area is 91.7 Å². The molecule has 1 heterocycles. The molecule has 4 heteroatoms. The van der Waals surface area contributed by atoms with Crippen molar-refractivity contribution in [2.45, 2.75) is 33.7 Å². The van der Waals surface area contributed by atoms with E-state index in [-0.39, 0.29) is 0 Å². The third kappa shape index (κ3) is 2.58. The van der Waals surface area contributed by atoms with Gasteiger partial charge in [-0.2, -0.15) is 0 Å². The molecule has 15 heavy (non-hydrogen) atoms. The largest absolute Gasteiger partial charge is 0.370 e. The number of anilines is 2. The van der Waals surface area contributed by atoms with Gasteiger partial charge in [0, 0.05) is 25.2 Å². The van der Waals surface area contributed by atoms with Gasteiger partial charge < -0.3 is 10.2 Å². The van der Waals surface area contributed by atoms with Gasteiger partial charge in [-0.05, 0) is 27.7 Å². The lowest BCUT2D eigenvalue weighted by Crippen LogP contribution is -2.27. The molecule has 0 unspecified atom stereocenters. The second-order valence-electron chi connectivity index (χ2n) is 3.91. The van der Waals surface area contributed by atoms with Crippen molar-refractivity contribution in [2.24, 2.45) is 0 Å². The molecule has 0 spiro atoms. The van der Waals surface area contributed by atoms with Crippen LogP contribution in [0.5, 0.6) is 0 Å². The van der Waals surface area contributed by atoms with Gasteiger partial charge in [0.15, 0.2) is 0 Å². The van der Waals surface area contributed by atoms with Crippen LogP contribution in [0.1, 0.15) is 26.3 Å². The van der Waals surface area contributed by atoms with Crippen molar-refractivity contribution in [1.82, 2.24) is 9.97 Å². The van der Waals surface area contributed by atoms with Crippen LogP contribution >= 0.6 is 0 Å². The number of aromatic nitrogens is 2. The van der Waals surface area contributed by atoms with Gasteiger partial charge in [-0.1, -0.05) is 0 Å². The summed E-state index contributed by atoms with van der Waals surface area (Å²) in [4.78, 5) is 10.7. The number of nitrogens with one attached hydrogen (secondary N) is 1. The van der Waals surface area contributed by atoms with Crippen LogP contribution in [0, 0.1) is 6.92 Å². The second kappa shape index (κ2) is 4.96. The zero-order valence-corrected chi connectivity index (χ0v) is 10.2. The Bertz CT molecular complexity index is 322. The lowest BCUT2D eigenvalue weighted by atomic mass is 10.2. The molecule has 84 valence electrons. The zero-order valence-electron chi connectivity index (χ0n) is 10.2. The van der Waals surface area contributed by atoms with Crippen molar-refractivity contribution >= 4 is 11.6 Å². The van der Waals surface area contributed by atoms with Gasteiger partial charge in [0.25, 0.3) is 0 Å². The van der Waals surface area contributed by atoms with Gasteiger partial charge in [0.1, 0.15) is 18.0 Å². The van der Waals surface area contributed by atoms with Crippen molar-refractivity contribution in [3.63, 3.8) is 0 Å². The van der Waals surface area contributed by atoms with Gasteiger partial charge in [-0.15, -0.1) is 0 Å². The van der Waals surface area contributed by atoms with Crippen molar-refractivity contribution in [1.29, 1.82) is 0 Å². The summed E-state index contributed by atoms with van der Waals surface area (Å²) in [6, 6.07) is 0.438. The average molecular weight is 208 g/mol. The number of nitrogens with zero attached hydrogens (tertiary/aromatic N) is 3. The van der Waals surface area contributed by atoms with E-state index in [0.29, 0.717) is 6.04 Å². The maximum Gasteiger partial charge on any atom is 0.136 e. The highest BCUT2D eigenvalue weighted by molar-refractivity contribution is 5.57. The number of hydrogen-bond donors (Lipinski definition) is 1. The molecule has 0 saturated heterocycles. The Morgan fingerprint density at radius 1 is 1.40 bits per heavy atom. The molecule has 1 aromatic heterocycles. The Morgan fingerprint density at radius 3 is 2.60 bits per heavy atom. The second-order valence-corrected chi connectivity index (χ2v) is 3.91. The van der Waals surface area contributed by atoms with Crippen LogP contribution in [0.25, 0.3) is 0 Å². The van der Waals surface area contributed by atoms with Crippen LogP contribution < -0.4 is 10.2 Å². The van der Waals surface area contributed by atoms with E-state index in [1.165, 1.54) is 0 Å². The molecule has 0 aliphatic rings. The highest BCUT2D eigenvalue weighted by atomic mass is 15.2. The van der Waals surface area contributed by atoms with Crippen molar-refractivity contribution in [3.8, 4) is 0 Å². The quantitative estimate of drug-likeness (QED) is 0.822. The lowest BCUT2D eigenvalue weighted by molar-refractivity contribution is 0.738. The van der Waals surface area contributed by atoms with Gasteiger partial charge in [-0.3, -0.25) is 0 Å². The molecule has 0 bridgehead atoms. The number of rotatable bonds is 4. The maximum atomic E-state index is 4.32. The Balaban J connectivity index is 3.03. The third-order valence-electron chi connectivity index (χ3n) is 2.51. The summed E-state index contributed by atoms with van der Waals surface area (Å²) in [7, 11) is 2.05. The van der Waals surface area contributed by atoms with Gasteiger partial charge in [0.2, 0.25) is 0 Å². The first-order valence-corrected chi connectivity index (χ1v) is 5.36. The van der Waals surface area contributed by atoms with E-state index in [1.807, 2.05) is 6.92 Å². The molecule has 0 aliphatic carbocycles. The molecule has 0 amide bonds. The minimum atomic E-state index is 0.438. The van der Waals surface area contributed by atoms with Crippen LogP contribution in [0.2, 0.25) is 0 Å². The molecule has 0 aliphatic heterocycles. The van der Waals surface area contributed by atoms with E-state index in [4.69, 9.17) is 0 Å². The van der Waals surface area contributed by atoms with Crippen molar-refractivity contribution in [3.05, 3.63) is 11.9 Å². The summed E-state index contributed by atoms with van der Waals surface area (Å²) in [5, 5.41) is 3.23. The summed E-state index contributed by atoms with van der Waals surface area (Å²) < 4.78 is 0. The van der Waals surface area contributed by atoms with Gasteiger partial charge in [0.05, 0.1) is 0 Å². The molecule has 1 rings (SSSR count). The lowest BCUT2D eigenvalue weighted by Gasteiger charge is -2.24. The van der Waals surface area contributed by atoms with Gasteiger partial charge >= 0.3 is 0 Å². The SMILES string of the molecule is CCNc1ncnc(N(C)C(C)C)c1C. The van der Waals surface area contributed by atoms with Crippen molar-refractivity contribution < 1.29 is 0 Å². The zero-order chi connectivity index (χ0) is 11.4.